The van der Waals surface area contributed by atoms with Gasteiger partial charge >= 0.3 is 0 Å². The van der Waals surface area contributed by atoms with E-state index in [1.54, 1.807) is 0 Å². The molecule has 1 aromatic carbocycles. The van der Waals surface area contributed by atoms with Crippen LogP contribution in [0.15, 0.2) is 62.1 Å². The zero-order valence-electron chi connectivity index (χ0n) is 11.2. The molecule has 3 aromatic rings. The summed E-state index contributed by atoms with van der Waals surface area (Å²) in [6.07, 6.45) is 1.90. The van der Waals surface area contributed by atoms with Crippen LogP contribution in [0.1, 0.15) is 0 Å². The largest absolute Gasteiger partial charge is 0.349 e. The Hall–Kier alpha value is -2.41. The number of nitrogens with one attached hydrogen (secondary N) is 2. The molecule has 0 bridgehead atoms. The molecule has 0 radical (unpaired) electrons. The number of hydrogen-bond donors (Lipinski definition) is 2. The highest BCUT2D eigenvalue weighted by molar-refractivity contribution is 9.10. The molecule has 0 amide bonds. The van der Waals surface area contributed by atoms with E-state index in [2.05, 4.69) is 36.4 Å². The van der Waals surface area contributed by atoms with Crippen molar-refractivity contribution in [1.82, 2.24) is 14.8 Å². The van der Waals surface area contributed by atoms with Gasteiger partial charge in [-0.1, -0.05) is 15.9 Å². The molecule has 0 aliphatic rings. The fraction of sp³-hybridized carbons (Fsp3) is 0.0714. The number of nitrogens with zero attached hydrogens (tertiary/aromatic N) is 3. The van der Waals surface area contributed by atoms with Crippen molar-refractivity contribution < 1.29 is 0 Å². The van der Waals surface area contributed by atoms with Crippen LogP contribution in [0.25, 0.3) is 11.4 Å². The van der Waals surface area contributed by atoms with E-state index in [4.69, 9.17) is 0 Å². The predicted molar refractivity (Wildman–Crippen MR) is 84.1 cm³/mol. The minimum atomic E-state index is -0.299. The minimum absolute atomic E-state index is 0.264. The van der Waals surface area contributed by atoms with Crippen LogP contribution in [-0.2, 0) is 7.05 Å². The van der Waals surface area contributed by atoms with Gasteiger partial charge in [-0.2, -0.15) is 5.11 Å². The second kappa shape index (κ2) is 5.53. The Balaban J connectivity index is 2.00. The second-order valence-electron chi connectivity index (χ2n) is 4.48. The Morgan fingerprint density at radius 2 is 1.86 bits per heavy atom. The number of benzene rings is 1. The van der Waals surface area contributed by atoms with E-state index in [1.807, 2.05) is 54.2 Å². The van der Waals surface area contributed by atoms with E-state index < -0.39 is 0 Å². The molecule has 0 atom stereocenters. The van der Waals surface area contributed by atoms with Crippen LogP contribution in [0.5, 0.6) is 0 Å². The van der Waals surface area contributed by atoms with Crippen LogP contribution < -0.4 is 5.56 Å². The number of hydrogen-bond acceptors (Lipinski definition) is 3. The van der Waals surface area contributed by atoms with Gasteiger partial charge in [0.2, 0.25) is 0 Å². The zero-order valence-corrected chi connectivity index (χ0v) is 12.8. The minimum Gasteiger partial charge on any atom is -0.349 e. The van der Waals surface area contributed by atoms with Crippen LogP contribution >= 0.6 is 15.9 Å². The number of H-pyrrole nitrogens is 2. The SMILES string of the molecule is Cn1cccc1-c1[nH][nH]c(=O)c1N=Nc1ccc(Br)cc1. The average molecular weight is 346 g/mol. The summed E-state index contributed by atoms with van der Waals surface area (Å²) in [7, 11) is 1.90. The Bertz CT molecular complexity index is 841. The summed E-state index contributed by atoms with van der Waals surface area (Å²) in [4.78, 5) is 11.9. The van der Waals surface area contributed by atoms with Crippen LogP contribution in [-0.4, -0.2) is 14.8 Å². The van der Waals surface area contributed by atoms with Crippen molar-refractivity contribution in [2.75, 3.05) is 0 Å². The maximum atomic E-state index is 11.9. The van der Waals surface area contributed by atoms with Gasteiger partial charge in [-0.25, -0.2) is 0 Å². The first-order valence-electron chi connectivity index (χ1n) is 6.25. The van der Waals surface area contributed by atoms with E-state index in [0.29, 0.717) is 11.4 Å². The summed E-state index contributed by atoms with van der Waals surface area (Å²) in [5.41, 5.74) is 2.12. The first-order chi connectivity index (χ1) is 10.1. The van der Waals surface area contributed by atoms with Crippen LogP contribution in [0.2, 0.25) is 0 Å². The molecule has 106 valence electrons. The van der Waals surface area contributed by atoms with Gasteiger partial charge in [0.15, 0.2) is 5.69 Å². The van der Waals surface area contributed by atoms with Crippen LogP contribution in [0.4, 0.5) is 11.4 Å². The monoisotopic (exact) mass is 345 g/mol. The summed E-state index contributed by atoms with van der Waals surface area (Å²) >= 11 is 3.36. The number of azo groups is 1. The van der Waals surface area contributed by atoms with Crippen molar-refractivity contribution in [2.24, 2.45) is 17.3 Å². The molecule has 2 aromatic heterocycles. The van der Waals surface area contributed by atoms with Gasteiger partial charge < -0.3 is 4.57 Å². The Morgan fingerprint density at radius 1 is 1.10 bits per heavy atom. The van der Waals surface area contributed by atoms with Gasteiger partial charge in [0.1, 0.15) is 5.69 Å². The predicted octanol–water partition coefficient (Wildman–Crippen LogP) is 3.89. The lowest BCUT2D eigenvalue weighted by molar-refractivity contribution is 0.925. The van der Waals surface area contributed by atoms with Crippen molar-refractivity contribution in [3.63, 3.8) is 0 Å². The first kappa shape index (κ1) is 13.6. The van der Waals surface area contributed by atoms with Crippen molar-refractivity contribution in [3.05, 3.63) is 57.4 Å². The zero-order chi connectivity index (χ0) is 14.8. The summed E-state index contributed by atoms with van der Waals surface area (Å²) in [5, 5.41) is 13.6. The van der Waals surface area contributed by atoms with Gasteiger partial charge in [0.05, 0.1) is 11.4 Å². The van der Waals surface area contributed by atoms with Gasteiger partial charge in [-0.15, -0.1) is 5.11 Å². The summed E-state index contributed by atoms with van der Waals surface area (Å²) in [6, 6.07) is 11.2. The van der Waals surface area contributed by atoms with Crippen LogP contribution in [0.3, 0.4) is 0 Å². The molecule has 0 saturated carbocycles. The molecule has 7 heteroatoms. The fourth-order valence-corrected chi connectivity index (χ4v) is 2.23. The smallest absolute Gasteiger partial charge is 0.292 e. The maximum Gasteiger partial charge on any atom is 0.292 e. The third-order valence-corrected chi connectivity index (χ3v) is 3.57. The molecule has 0 spiro atoms. The number of rotatable bonds is 3. The number of aromatic nitrogens is 3. The lowest BCUT2D eigenvalue weighted by Crippen LogP contribution is -1.96. The van der Waals surface area contributed by atoms with Gasteiger partial charge in [0.25, 0.3) is 5.56 Å². The molecule has 21 heavy (non-hydrogen) atoms. The molecular formula is C14H12BrN5O. The highest BCUT2D eigenvalue weighted by Gasteiger charge is 2.13. The average Bonchev–Trinajstić information content (AvgIpc) is 3.04. The topological polar surface area (TPSA) is 78.3 Å². The molecule has 0 aliphatic heterocycles. The van der Waals surface area contributed by atoms with Gasteiger partial charge in [-0.3, -0.25) is 15.0 Å². The van der Waals surface area contributed by atoms with E-state index in [0.717, 1.165) is 10.2 Å². The fourth-order valence-electron chi connectivity index (χ4n) is 1.97. The molecule has 0 saturated heterocycles. The Labute approximate surface area is 128 Å². The van der Waals surface area contributed by atoms with Crippen molar-refractivity contribution in [3.8, 4) is 11.4 Å². The molecular weight excluding hydrogens is 334 g/mol. The van der Waals surface area contributed by atoms with Gasteiger partial charge in [-0.05, 0) is 36.4 Å². The van der Waals surface area contributed by atoms with E-state index in [9.17, 15) is 4.79 Å². The quantitative estimate of drug-likeness (QED) is 0.694. The summed E-state index contributed by atoms with van der Waals surface area (Å²) in [6.45, 7) is 0. The second-order valence-corrected chi connectivity index (χ2v) is 5.40. The lowest BCUT2D eigenvalue weighted by Gasteiger charge is -2.00. The van der Waals surface area contributed by atoms with E-state index in [1.165, 1.54) is 0 Å². The third kappa shape index (κ3) is 2.73. The molecule has 2 heterocycles. The highest BCUT2D eigenvalue weighted by atomic mass is 79.9. The van der Waals surface area contributed by atoms with E-state index in [-0.39, 0.29) is 11.2 Å². The molecule has 6 nitrogen and oxygen atoms in total. The van der Waals surface area contributed by atoms with Crippen LogP contribution in [0, 0.1) is 0 Å². The summed E-state index contributed by atoms with van der Waals surface area (Å²) < 4.78 is 2.86. The Morgan fingerprint density at radius 3 is 2.52 bits per heavy atom. The third-order valence-electron chi connectivity index (χ3n) is 3.04. The standard InChI is InChI=1S/C14H12BrN5O/c1-20-8-2-3-11(20)12-13(14(21)19-17-12)18-16-10-6-4-9(15)5-7-10/h2-8H,1H3,(H2,17,19,21). The highest BCUT2D eigenvalue weighted by Crippen LogP contribution is 2.26. The van der Waals surface area contributed by atoms with Crippen molar-refractivity contribution >= 4 is 27.3 Å². The molecule has 0 aliphatic carbocycles. The molecule has 2 N–H and O–H groups in total. The first-order valence-corrected chi connectivity index (χ1v) is 7.04. The number of halogens is 1. The van der Waals surface area contributed by atoms with Crippen molar-refractivity contribution in [1.29, 1.82) is 0 Å². The molecule has 3 rings (SSSR count). The van der Waals surface area contributed by atoms with Crippen molar-refractivity contribution in [2.45, 2.75) is 0 Å². The number of aromatic amines is 2. The molecule has 0 fully saturated rings. The maximum absolute atomic E-state index is 11.9. The molecule has 0 unspecified atom stereocenters. The Kier molecular flexibility index (Phi) is 3.57. The van der Waals surface area contributed by atoms with Gasteiger partial charge in [0, 0.05) is 17.7 Å². The normalized spacial score (nSPS) is 11.3. The summed E-state index contributed by atoms with van der Waals surface area (Å²) in [5.74, 6) is 0. The lowest BCUT2D eigenvalue weighted by atomic mass is 10.3. The van der Waals surface area contributed by atoms with E-state index >= 15 is 0 Å². The number of aryl methyl sites for hydroxylation is 1.